The minimum absolute atomic E-state index is 0.0660. The van der Waals surface area contributed by atoms with Gasteiger partial charge in [0.05, 0.1) is 0 Å². The lowest BCUT2D eigenvalue weighted by atomic mass is 9.84. The molecule has 0 unspecified atom stereocenters. The lowest BCUT2D eigenvalue weighted by molar-refractivity contribution is -0.132. The van der Waals surface area contributed by atoms with E-state index in [4.69, 9.17) is 0 Å². The summed E-state index contributed by atoms with van der Waals surface area (Å²) >= 11 is 0. The summed E-state index contributed by atoms with van der Waals surface area (Å²) in [6, 6.07) is -0.137. The molecular formula is C16H26N2O2. The van der Waals surface area contributed by atoms with Gasteiger partial charge in [-0.25, -0.2) is 4.79 Å². The van der Waals surface area contributed by atoms with Crippen molar-refractivity contribution in [2.75, 3.05) is 6.54 Å². The van der Waals surface area contributed by atoms with Gasteiger partial charge in [-0.2, -0.15) is 0 Å². The molecule has 1 N–H and O–H groups in total. The smallest absolute Gasteiger partial charge is 0.323 e. The fourth-order valence-electron chi connectivity index (χ4n) is 4.14. The highest BCUT2D eigenvalue weighted by Gasteiger charge is 2.50. The maximum Gasteiger partial charge on any atom is 0.325 e. The Balaban J connectivity index is 1.70. The Morgan fingerprint density at radius 1 is 0.950 bits per heavy atom. The molecule has 3 rings (SSSR count). The Hall–Kier alpha value is -1.06. The zero-order chi connectivity index (χ0) is 14.0. The molecule has 3 fully saturated rings. The average Bonchev–Trinajstić information content (AvgIpc) is 2.98. The third-order valence-electron chi connectivity index (χ3n) is 5.37. The molecule has 3 aliphatic rings. The summed E-state index contributed by atoms with van der Waals surface area (Å²) in [7, 11) is 0. The second-order valence-corrected chi connectivity index (χ2v) is 6.85. The van der Waals surface area contributed by atoms with Gasteiger partial charge in [0.2, 0.25) is 0 Å². The van der Waals surface area contributed by atoms with Crippen molar-refractivity contribution in [1.29, 1.82) is 0 Å². The van der Waals surface area contributed by atoms with Gasteiger partial charge >= 0.3 is 6.03 Å². The Morgan fingerprint density at radius 3 is 2.20 bits per heavy atom. The summed E-state index contributed by atoms with van der Waals surface area (Å²) in [6.07, 6.45) is 12.3. The topological polar surface area (TPSA) is 49.4 Å². The molecule has 1 heterocycles. The minimum atomic E-state index is -0.559. The summed E-state index contributed by atoms with van der Waals surface area (Å²) < 4.78 is 0. The zero-order valence-electron chi connectivity index (χ0n) is 12.3. The van der Waals surface area contributed by atoms with E-state index in [1.807, 2.05) is 0 Å². The third kappa shape index (κ3) is 2.57. The minimum Gasteiger partial charge on any atom is -0.323 e. The highest BCUT2D eigenvalue weighted by atomic mass is 16.2. The molecule has 0 aromatic heterocycles. The van der Waals surface area contributed by atoms with E-state index in [2.05, 4.69) is 5.32 Å². The molecule has 0 aromatic rings. The van der Waals surface area contributed by atoms with Crippen LogP contribution in [-0.2, 0) is 4.79 Å². The van der Waals surface area contributed by atoms with Crippen LogP contribution < -0.4 is 5.32 Å². The van der Waals surface area contributed by atoms with Crippen molar-refractivity contribution in [3.8, 4) is 0 Å². The number of rotatable bonds is 2. The van der Waals surface area contributed by atoms with Gasteiger partial charge in [-0.05, 0) is 31.6 Å². The number of amides is 3. The molecular weight excluding hydrogens is 252 g/mol. The number of nitrogens with zero attached hydrogens (tertiary/aromatic N) is 1. The molecule has 2 aliphatic carbocycles. The number of imide groups is 1. The molecule has 3 amide bonds. The van der Waals surface area contributed by atoms with Gasteiger partial charge in [-0.15, -0.1) is 0 Å². The molecule has 0 bridgehead atoms. The first-order valence-corrected chi connectivity index (χ1v) is 8.35. The number of nitrogens with one attached hydrogen (secondary N) is 1. The van der Waals surface area contributed by atoms with Crippen molar-refractivity contribution in [2.24, 2.45) is 5.92 Å². The van der Waals surface area contributed by atoms with Crippen molar-refractivity contribution in [2.45, 2.75) is 76.2 Å². The summed E-state index contributed by atoms with van der Waals surface area (Å²) in [5.41, 5.74) is -0.559. The largest absolute Gasteiger partial charge is 0.325 e. The fraction of sp³-hybridized carbons (Fsp3) is 0.875. The van der Waals surface area contributed by atoms with E-state index in [1.165, 1.54) is 49.8 Å². The van der Waals surface area contributed by atoms with Crippen LogP contribution in [0, 0.1) is 5.92 Å². The molecule has 0 atom stereocenters. The molecule has 0 radical (unpaired) electrons. The molecule has 1 saturated heterocycles. The first kappa shape index (κ1) is 13.9. The van der Waals surface area contributed by atoms with Gasteiger partial charge in [-0.1, -0.05) is 44.9 Å². The van der Waals surface area contributed by atoms with Gasteiger partial charge in [0, 0.05) is 6.54 Å². The van der Waals surface area contributed by atoms with Crippen LogP contribution in [0.3, 0.4) is 0 Å². The highest BCUT2D eigenvalue weighted by molar-refractivity contribution is 6.07. The van der Waals surface area contributed by atoms with Crippen LogP contribution >= 0.6 is 0 Å². The second kappa shape index (κ2) is 5.74. The quantitative estimate of drug-likeness (QED) is 0.788. The predicted molar refractivity (Wildman–Crippen MR) is 77.3 cm³/mol. The summed E-state index contributed by atoms with van der Waals surface area (Å²) in [6.45, 7) is 0.645. The standard InChI is InChI=1S/C16H26N2O2/c19-14-16(10-6-2-1-3-7-11-16)17-15(20)18(14)12-13-8-4-5-9-13/h13H,1-12H2,(H,17,20). The van der Waals surface area contributed by atoms with Gasteiger partial charge < -0.3 is 5.32 Å². The Labute approximate surface area is 121 Å². The maximum atomic E-state index is 12.8. The van der Waals surface area contributed by atoms with Gasteiger partial charge in [0.15, 0.2) is 0 Å². The second-order valence-electron chi connectivity index (χ2n) is 6.85. The first-order valence-electron chi connectivity index (χ1n) is 8.35. The van der Waals surface area contributed by atoms with E-state index in [0.717, 1.165) is 25.7 Å². The first-order chi connectivity index (χ1) is 9.71. The summed E-state index contributed by atoms with van der Waals surface area (Å²) in [4.78, 5) is 26.6. The number of carbonyl (C=O) groups excluding carboxylic acids is 2. The SMILES string of the molecule is O=C1NC2(CCCCCCC2)C(=O)N1CC1CCCC1. The lowest BCUT2D eigenvalue weighted by Gasteiger charge is -2.29. The Morgan fingerprint density at radius 2 is 1.55 bits per heavy atom. The van der Waals surface area contributed by atoms with Crippen LogP contribution in [0.1, 0.15) is 70.6 Å². The van der Waals surface area contributed by atoms with Crippen LogP contribution in [0.25, 0.3) is 0 Å². The molecule has 1 spiro atoms. The van der Waals surface area contributed by atoms with Crippen LogP contribution in [0.4, 0.5) is 4.79 Å². The van der Waals surface area contributed by atoms with E-state index < -0.39 is 5.54 Å². The van der Waals surface area contributed by atoms with Crippen LogP contribution in [0.2, 0.25) is 0 Å². The number of hydrogen-bond donors (Lipinski definition) is 1. The Bertz CT molecular complexity index is 380. The number of hydrogen-bond acceptors (Lipinski definition) is 2. The van der Waals surface area contributed by atoms with E-state index in [1.54, 1.807) is 0 Å². The average molecular weight is 278 g/mol. The molecule has 112 valence electrons. The predicted octanol–water partition coefficient (Wildman–Crippen LogP) is 3.21. The molecule has 1 aliphatic heterocycles. The van der Waals surface area contributed by atoms with E-state index in [9.17, 15) is 9.59 Å². The monoisotopic (exact) mass is 278 g/mol. The molecule has 4 heteroatoms. The van der Waals surface area contributed by atoms with E-state index in [0.29, 0.717) is 12.5 Å². The van der Waals surface area contributed by atoms with Crippen LogP contribution in [0.5, 0.6) is 0 Å². The lowest BCUT2D eigenvalue weighted by Crippen LogP contribution is -2.47. The van der Waals surface area contributed by atoms with E-state index in [-0.39, 0.29) is 11.9 Å². The van der Waals surface area contributed by atoms with Gasteiger partial charge in [0.25, 0.3) is 5.91 Å². The van der Waals surface area contributed by atoms with Crippen LogP contribution in [0.15, 0.2) is 0 Å². The van der Waals surface area contributed by atoms with Crippen LogP contribution in [-0.4, -0.2) is 28.9 Å². The van der Waals surface area contributed by atoms with E-state index >= 15 is 0 Å². The Kier molecular flexibility index (Phi) is 3.99. The fourth-order valence-corrected chi connectivity index (χ4v) is 4.14. The molecule has 2 saturated carbocycles. The van der Waals surface area contributed by atoms with Gasteiger partial charge in [-0.3, -0.25) is 9.69 Å². The summed E-state index contributed by atoms with van der Waals surface area (Å²) in [5.74, 6) is 0.602. The third-order valence-corrected chi connectivity index (χ3v) is 5.37. The van der Waals surface area contributed by atoms with Crippen molar-refractivity contribution in [3.63, 3.8) is 0 Å². The van der Waals surface area contributed by atoms with Gasteiger partial charge in [0.1, 0.15) is 5.54 Å². The van der Waals surface area contributed by atoms with Crippen molar-refractivity contribution >= 4 is 11.9 Å². The molecule has 20 heavy (non-hydrogen) atoms. The number of carbonyl (C=O) groups is 2. The van der Waals surface area contributed by atoms with Crippen molar-refractivity contribution < 1.29 is 9.59 Å². The molecule has 0 aromatic carbocycles. The summed E-state index contributed by atoms with van der Waals surface area (Å²) in [5, 5.41) is 3.05. The highest BCUT2D eigenvalue weighted by Crippen LogP contribution is 2.34. The van der Waals surface area contributed by atoms with Crippen molar-refractivity contribution in [3.05, 3.63) is 0 Å². The molecule has 4 nitrogen and oxygen atoms in total. The zero-order valence-corrected chi connectivity index (χ0v) is 12.3. The van der Waals surface area contributed by atoms with Crippen molar-refractivity contribution in [1.82, 2.24) is 10.2 Å². The number of urea groups is 1. The maximum absolute atomic E-state index is 12.8. The normalized spacial score (nSPS) is 27.7.